The van der Waals surface area contributed by atoms with Crippen molar-refractivity contribution in [2.45, 2.75) is 20.0 Å². The molecule has 0 saturated carbocycles. The van der Waals surface area contributed by atoms with Gasteiger partial charge < -0.3 is 14.8 Å². The number of hydrogen-bond acceptors (Lipinski definition) is 3. The molecule has 1 aliphatic rings. The van der Waals surface area contributed by atoms with E-state index in [-0.39, 0.29) is 6.61 Å². The summed E-state index contributed by atoms with van der Waals surface area (Å²) in [6.45, 7) is 2.65. The second-order valence-electron chi connectivity index (χ2n) is 4.24. The van der Waals surface area contributed by atoms with Gasteiger partial charge >= 0.3 is 0 Å². The van der Waals surface area contributed by atoms with E-state index in [1.165, 1.54) is 5.56 Å². The molecule has 0 spiro atoms. The van der Waals surface area contributed by atoms with Crippen molar-refractivity contribution in [3.8, 4) is 17.1 Å². The number of imidazole rings is 1. The van der Waals surface area contributed by atoms with Gasteiger partial charge in [-0.3, -0.25) is 0 Å². The number of ether oxygens (including phenoxy) is 1. The standard InChI is InChI=1S/C13H14N2O2/c1-8-11(7-16)15-13(14-8)10-2-3-12-9(6-10)4-5-17-12/h2-3,6,16H,4-5,7H2,1H3,(H,14,15). The van der Waals surface area contributed by atoms with Crippen molar-refractivity contribution in [1.82, 2.24) is 9.97 Å². The Labute approximate surface area is 99.3 Å². The van der Waals surface area contributed by atoms with E-state index in [1.807, 2.05) is 19.1 Å². The number of H-pyrrole nitrogens is 1. The highest BCUT2D eigenvalue weighted by molar-refractivity contribution is 5.60. The van der Waals surface area contributed by atoms with Gasteiger partial charge in [0.25, 0.3) is 0 Å². The van der Waals surface area contributed by atoms with E-state index < -0.39 is 0 Å². The average molecular weight is 230 g/mol. The molecule has 2 aromatic rings. The molecule has 0 aliphatic carbocycles. The summed E-state index contributed by atoms with van der Waals surface area (Å²) in [5, 5.41) is 9.13. The molecule has 1 aliphatic heterocycles. The summed E-state index contributed by atoms with van der Waals surface area (Å²) in [6.07, 6.45) is 0.954. The lowest BCUT2D eigenvalue weighted by molar-refractivity contribution is 0.276. The van der Waals surface area contributed by atoms with Gasteiger partial charge in [-0.2, -0.15) is 0 Å². The smallest absolute Gasteiger partial charge is 0.137 e. The zero-order valence-corrected chi connectivity index (χ0v) is 9.66. The van der Waals surface area contributed by atoms with Crippen molar-refractivity contribution in [2.75, 3.05) is 6.61 Å². The molecular weight excluding hydrogens is 216 g/mol. The van der Waals surface area contributed by atoms with Crippen molar-refractivity contribution in [2.24, 2.45) is 0 Å². The van der Waals surface area contributed by atoms with Gasteiger partial charge in [0, 0.05) is 17.7 Å². The number of rotatable bonds is 2. The highest BCUT2D eigenvalue weighted by atomic mass is 16.5. The Morgan fingerprint density at radius 1 is 1.47 bits per heavy atom. The summed E-state index contributed by atoms with van der Waals surface area (Å²) in [4.78, 5) is 7.57. The van der Waals surface area contributed by atoms with E-state index >= 15 is 0 Å². The highest BCUT2D eigenvalue weighted by Gasteiger charge is 2.14. The Hall–Kier alpha value is -1.81. The Bertz CT molecular complexity index is 561. The highest BCUT2D eigenvalue weighted by Crippen LogP contribution is 2.29. The number of nitrogens with one attached hydrogen (secondary N) is 1. The number of aromatic nitrogens is 2. The number of aromatic amines is 1. The molecule has 88 valence electrons. The van der Waals surface area contributed by atoms with Gasteiger partial charge in [0.1, 0.15) is 11.6 Å². The molecule has 0 saturated heterocycles. The largest absolute Gasteiger partial charge is 0.493 e. The molecule has 0 fully saturated rings. The van der Waals surface area contributed by atoms with Crippen LogP contribution in [0.2, 0.25) is 0 Å². The van der Waals surface area contributed by atoms with Gasteiger partial charge in [-0.25, -0.2) is 4.98 Å². The maximum absolute atomic E-state index is 9.13. The van der Waals surface area contributed by atoms with Crippen molar-refractivity contribution in [3.63, 3.8) is 0 Å². The maximum atomic E-state index is 9.13. The maximum Gasteiger partial charge on any atom is 0.137 e. The Morgan fingerprint density at radius 3 is 3.12 bits per heavy atom. The molecule has 0 atom stereocenters. The van der Waals surface area contributed by atoms with Gasteiger partial charge in [0.15, 0.2) is 0 Å². The summed E-state index contributed by atoms with van der Waals surface area (Å²) in [6, 6.07) is 6.07. The third-order valence-electron chi connectivity index (χ3n) is 3.10. The minimum atomic E-state index is -0.0314. The normalized spacial score (nSPS) is 13.5. The van der Waals surface area contributed by atoms with Crippen LogP contribution in [0.3, 0.4) is 0 Å². The van der Waals surface area contributed by atoms with Crippen LogP contribution in [0, 0.1) is 6.92 Å². The summed E-state index contributed by atoms with van der Waals surface area (Å²) in [5.74, 6) is 1.78. The quantitative estimate of drug-likeness (QED) is 0.827. The lowest BCUT2D eigenvalue weighted by Gasteiger charge is -2.01. The molecule has 4 nitrogen and oxygen atoms in total. The third kappa shape index (κ3) is 1.70. The zero-order valence-electron chi connectivity index (χ0n) is 9.66. The van der Waals surface area contributed by atoms with E-state index in [4.69, 9.17) is 9.84 Å². The van der Waals surface area contributed by atoms with E-state index in [0.717, 1.165) is 35.9 Å². The molecule has 0 unspecified atom stereocenters. The molecule has 2 N–H and O–H groups in total. The summed E-state index contributed by atoms with van der Waals surface area (Å²) < 4.78 is 5.47. The topological polar surface area (TPSA) is 58.1 Å². The SMILES string of the molecule is Cc1[nH]c(-c2ccc3c(c2)CCO3)nc1CO. The summed E-state index contributed by atoms with van der Waals surface area (Å²) in [7, 11) is 0. The van der Waals surface area contributed by atoms with Crippen LogP contribution in [-0.4, -0.2) is 21.7 Å². The lowest BCUT2D eigenvalue weighted by atomic mass is 10.1. The summed E-state index contributed by atoms with van der Waals surface area (Å²) in [5.41, 5.74) is 3.88. The fourth-order valence-electron chi connectivity index (χ4n) is 2.12. The first-order valence-electron chi connectivity index (χ1n) is 5.70. The first-order valence-corrected chi connectivity index (χ1v) is 5.70. The van der Waals surface area contributed by atoms with Gasteiger partial charge in [-0.15, -0.1) is 0 Å². The van der Waals surface area contributed by atoms with Crippen molar-refractivity contribution >= 4 is 0 Å². The lowest BCUT2D eigenvalue weighted by Crippen LogP contribution is -1.86. The molecule has 1 aromatic carbocycles. The molecule has 0 radical (unpaired) electrons. The number of benzene rings is 1. The van der Waals surface area contributed by atoms with Gasteiger partial charge in [0.2, 0.25) is 0 Å². The third-order valence-corrected chi connectivity index (χ3v) is 3.10. The molecule has 0 amide bonds. The molecular formula is C13H14N2O2. The Kier molecular flexibility index (Phi) is 2.37. The first-order chi connectivity index (χ1) is 8.28. The number of aliphatic hydroxyl groups is 1. The van der Waals surface area contributed by atoms with Crippen LogP contribution in [0.25, 0.3) is 11.4 Å². The van der Waals surface area contributed by atoms with Crippen molar-refractivity contribution in [1.29, 1.82) is 0 Å². The van der Waals surface area contributed by atoms with Gasteiger partial charge in [-0.05, 0) is 30.7 Å². The predicted molar refractivity (Wildman–Crippen MR) is 63.9 cm³/mol. The Morgan fingerprint density at radius 2 is 2.35 bits per heavy atom. The van der Waals surface area contributed by atoms with Crippen LogP contribution in [0.15, 0.2) is 18.2 Å². The second-order valence-corrected chi connectivity index (χ2v) is 4.24. The average Bonchev–Trinajstić information content (AvgIpc) is 2.93. The van der Waals surface area contributed by atoms with E-state index in [0.29, 0.717) is 5.69 Å². The molecule has 4 heteroatoms. The fraction of sp³-hybridized carbons (Fsp3) is 0.308. The Balaban J connectivity index is 2.03. The number of fused-ring (bicyclic) bond motifs is 1. The minimum Gasteiger partial charge on any atom is -0.493 e. The van der Waals surface area contributed by atoms with E-state index in [1.54, 1.807) is 0 Å². The van der Waals surface area contributed by atoms with Crippen LogP contribution in [0.4, 0.5) is 0 Å². The van der Waals surface area contributed by atoms with Crippen molar-refractivity contribution < 1.29 is 9.84 Å². The number of hydrogen-bond donors (Lipinski definition) is 2. The van der Waals surface area contributed by atoms with Crippen molar-refractivity contribution in [3.05, 3.63) is 35.2 Å². The minimum absolute atomic E-state index is 0.0314. The molecule has 17 heavy (non-hydrogen) atoms. The van der Waals surface area contributed by atoms with E-state index in [9.17, 15) is 0 Å². The first kappa shape index (κ1) is 10.4. The molecule has 3 rings (SSSR count). The molecule has 0 bridgehead atoms. The second kappa shape index (κ2) is 3.89. The molecule has 2 heterocycles. The van der Waals surface area contributed by atoms with Crippen LogP contribution in [0.5, 0.6) is 5.75 Å². The monoisotopic (exact) mass is 230 g/mol. The van der Waals surface area contributed by atoms with Gasteiger partial charge in [-0.1, -0.05) is 0 Å². The van der Waals surface area contributed by atoms with E-state index in [2.05, 4.69) is 16.0 Å². The van der Waals surface area contributed by atoms with Crippen LogP contribution >= 0.6 is 0 Å². The molecule has 1 aromatic heterocycles. The fourth-order valence-corrected chi connectivity index (χ4v) is 2.12. The van der Waals surface area contributed by atoms with Crippen LogP contribution < -0.4 is 4.74 Å². The number of aryl methyl sites for hydroxylation is 1. The van der Waals surface area contributed by atoms with Crippen LogP contribution in [0.1, 0.15) is 17.0 Å². The summed E-state index contributed by atoms with van der Waals surface area (Å²) >= 11 is 0. The van der Waals surface area contributed by atoms with Gasteiger partial charge in [0.05, 0.1) is 18.9 Å². The number of aliphatic hydroxyl groups excluding tert-OH is 1. The predicted octanol–water partition coefficient (Wildman–Crippen LogP) is 1.81. The number of nitrogens with zero attached hydrogens (tertiary/aromatic N) is 1. The van der Waals surface area contributed by atoms with Crippen LogP contribution in [-0.2, 0) is 13.0 Å². The zero-order chi connectivity index (χ0) is 11.8.